The molecule has 3 nitrogen and oxygen atoms in total. The van der Waals surface area contributed by atoms with E-state index in [2.05, 4.69) is 0 Å². The third kappa shape index (κ3) is 3.07. The van der Waals surface area contributed by atoms with Gasteiger partial charge in [-0.3, -0.25) is 0 Å². The Morgan fingerprint density at radius 2 is 2.31 bits per heavy atom. The van der Waals surface area contributed by atoms with Gasteiger partial charge >= 0.3 is 0 Å². The number of ether oxygens (including phenoxy) is 2. The molecule has 2 N–H and O–H groups in total. The second-order valence-electron chi connectivity index (χ2n) is 3.56. The molecular formula is C11H15ClFNO2. The van der Waals surface area contributed by atoms with Crippen molar-refractivity contribution in [3.05, 3.63) is 29.6 Å². The SMILES string of the molecule is Cl.NCc1ccc(F)cc1OC1CCOC1. The van der Waals surface area contributed by atoms with Gasteiger partial charge in [0, 0.05) is 24.6 Å². The highest BCUT2D eigenvalue weighted by Crippen LogP contribution is 2.22. The normalized spacial score (nSPS) is 19.2. The Labute approximate surface area is 100 Å². The fraction of sp³-hybridized carbons (Fsp3) is 0.455. The van der Waals surface area contributed by atoms with Crippen molar-refractivity contribution in [2.24, 2.45) is 5.73 Å². The first kappa shape index (κ1) is 13.2. The molecule has 0 radical (unpaired) electrons. The maximum absolute atomic E-state index is 13.0. The van der Waals surface area contributed by atoms with E-state index in [4.69, 9.17) is 15.2 Å². The van der Waals surface area contributed by atoms with Crippen LogP contribution in [0.5, 0.6) is 5.75 Å². The average molecular weight is 248 g/mol. The number of benzene rings is 1. The van der Waals surface area contributed by atoms with Gasteiger partial charge in [0.2, 0.25) is 0 Å². The number of hydrogen-bond donors (Lipinski definition) is 1. The first-order valence-corrected chi connectivity index (χ1v) is 5.02. The summed E-state index contributed by atoms with van der Waals surface area (Å²) < 4.78 is 23.8. The van der Waals surface area contributed by atoms with Crippen LogP contribution >= 0.6 is 12.4 Å². The minimum Gasteiger partial charge on any atom is -0.487 e. The zero-order valence-electron chi connectivity index (χ0n) is 8.82. The van der Waals surface area contributed by atoms with Crippen LogP contribution in [0, 0.1) is 5.82 Å². The highest BCUT2D eigenvalue weighted by atomic mass is 35.5. The molecule has 1 heterocycles. The van der Waals surface area contributed by atoms with Gasteiger partial charge in [-0.25, -0.2) is 4.39 Å². The van der Waals surface area contributed by atoms with E-state index >= 15 is 0 Å². The number of nitrogens with two attached hydrogens (primary N) is 1. The molecule has 0 bridgehead atoms. The van der Waals surface area contributed by atoms with Crippen molar-refractivity contribution in [1.82, 2.24) is 0 Å². The number of hydrogen-bond acceptors (Lipinski definition) is 3. The summed E-state index contributed by atoms with van der Waals surface area (Å²) in [6.07, 6.45) is 0.873. The Bertz CT molecular complexity index is 343. The lowest BCUT2D eigenvalue weighted by atomic mass is 10.2. The van der Waals surface area contributed by atoms with Gasteiger partial charge in [-0.1, -0.05) is 6.07 Å². The number of rotatable bonds is 3. The van der Waals surface area contributed by atoms with Crippen molar-refractivity contribution in [2.45, 2.75) is 19.1 Å². The lowest BCUT2D eigenvalue weighted by Gasteiger charge is -2.14. The molecule has 1 saturated heterocycles. The highest BCUT2D eigenvalue weighted by molar-refractivity contribution is 5.85. The minimum absolute atomic E-state index is 0. The van der Waals surface area contributed by atoms with Crippen molar-refractivity contribution in [1.29, 1.82) is 0 Å². The fourth-order valence-corrected chi connectivity index (χ4v) is 1.59. The van der Waals surface area contributed by atoms with Crippen LogP contribution < -0.4 is 10.5 Å². The van der Waals surface area contributed by atoms with Crippen molar-refractivity contribution >= 4 is 12.4 Å². The van der Waals surface area contributed by atoms with Gasteiger partial charge in [0.15, 0.2) is 0 Å². The summed E-state index contributed by atoms with van der Waals surface area (Å²) in [6.45, 7) is 1.63. The highest BCUT2D eigenvalue weighted by Gasteiger charge is 2.18. The van der Waals surface area contributed by atoms with Gasteiger partial charge in [0.25, 0.3) is 0 Å². The Balaban J connectivity index is 0.00000128. The van der Waals surface area contributed by atoms with Crippen molar-refractivity contribution in [3.8, 4) is 5.75 Å². The molecule has 1 aliphatic heterocycles. The Morgan fingerprint density at radius 3 is 2.94 bits per heavy atom. The molecule has 2 rings (SSSR count). The van der Waals surface area contributed by atoms with Gasteiger partial charge in [-0.2, -0.15) is 0 Å². The maximum atomic E-state index is 13.0. The summed E-state index contributed by atoms with van der Waals surface area (Å²) in [6, 6.07) is 4.42. The van der Waals surface area contributed by atoms with Gasteiger partial charge in [0.05, 0.1) is 13.2 Å². The minimum atomic E-state index is -0.305. The molecule has 1 unspecified atom stereocenters. The summed E-state index contributed by atoms with van der Waals surface area (Å²) in [5.74, 6) is 0.231. The molecule has 0 aromatic heterocycles. The molecule has 90 valence electrons. The molecule has 0 saturated carbocycles. The Hall–Kier alpha value is -0.840. The van der Waals surface area contributed by atoms with E-state index in [1.807, 2.05) is 0 Å². The average Bonchev–Trinajstić information content (AvgIpc) is 2.71. The second-order valence-corrected chi connectivity index (χ2v) is 3.56. The summed E-state index contributed by atoms with van der Waals surface area (Å²) in [4.78, 5) is 0. The molecule has 0 spiro atoms. The summed E-state index contributed by atoms with van der Waals surface area (Å²) >= 11 is 0. The molecule has 1 aromatic rings. The molecule has 1 fully saturated rings. The van der Waals surface area contributed by atoms with Crippen LogP contribution in [0.4, 0.5) is 4.39 Å². The number of halogens is 2. The summed E-state index contributed by atoms with van der Waals surface area (Å²) in [5.41, 5.74) is 6.36. The first-order valence-electron chi connectivity index (χ1n) is 5.02. The molecule has 5 heteroatoms. The third-order valence-corrected chi connectivity index (χ3v) is 2.43. The van der Waals surface area contributed by atoms with Gasteiger partial charge in [-0.05, 0) is 6.07 Å². The van der Waals surface area contributed by atoms with Crippen molar-refractivity contribution < 1.29 is 13.9 Å². The zero-order valence-corrected chi connectivity index (χ0v) is 9.63. The molecular weight excluding hydrogens is 233 g/mol. The van der Waals surface area contributed by atoms with Crippen LogP contribution in [0.15, 0.2) is 18.2 Å². The van der Waals surface area contributed by atoms with Crippen molar-refractivity contribution in [3.63, 3.8) is 0 Å². The van der Waals surface area contributed by atoms with E-state index in [1.165, 1.54) is 12.1 Å². The van der Waals surface area contributed by atoms with Gasteiger partial charge < -0.3 is 15.2 Å². The maximum Gasteiger partial charge on any atom is 0.127 e. The monoisotopic (exact) mass is 247 g/mol. The van der Waals surface area contributed by atoms with E-state index in [0.717, 1.165) is 12.0 Å². The van der Waals surface area contributed by atoms with E-state index in [1.54, 1.807) is 6.07 Å². The zero-order chi connectivity index (χ0) is 10.7. The molecule has 0 aliphatic carbocycles. The summed E-state index contributed by atoms with van der Waals surface area (Å²) in [7, 11) is 0. The quantitative estimate of drug-likeness (QED) is 0.887. The lowest BCUT2D eigenvalue weighted by molar-refractivity contribution is 0.140. The van der Waals surface area contributed by atoms with Gasteiger partial charge in [-0.15, -0.1) is 12.4 Å². The van der Waals surface area contributed by atoms with E-state index in [-0.39, 0.29) is 24.3 Å². The molecule has 1 aromatic carbocycles. The molecule has 1 atom stereocenters. The predicted octanol–water partition coefficient (Wildman–Crippen LogP) is 1.87. The predicted molar refractivity (Wildman–Crippen MR) is 61.4 cm³/mol. The summed E-state index contributed by atoms with van der Waals surface area (Å²) in [5, 5.41) is 0. The molecule has 16 heavy (non-hydrogen) atoms. The van der Waals surface area contributed by atoms with E-state index in [9.17, 15) is 4.39 Å². The lowest BCUT2D eigenvalue weighted by Crippen LogP contribution is -2.17. The van der Waals surface area contributed by atoms with E-state index in [0.29, 0.717) is 25.5 Å². The van der Waals surface area contributed by atoms with Crippen LogP contribution in [0.1, 0.15) is 12.0 Å². The topological polar surface area (TPSA) is 44.5 Å². The third-order valence-electron chi connectivity index (χ3n) is 2.43. The smallest absolute Gasteiger partial charge is 0.127 e. The van der Waals surface area contributed by atoms with Crippen LogP contribution in [0.3, 0.4) is 0 Å². The second kappa shape index (κ2) is 6.03. The van der Waals surface area contributed by atoms with E-state index < -0.39 is 0 Å². The Morgan fingerprint density at radius 1 is 1.50 bits per heavy atom. The van der Waals surface area contributed by atoms with Crippen molar-refractivity contribution in [2.75, 3.05) is 13.2 Å². The molecule has 1 aliphatic rings. The largest absolute Gasteiger partial charge is 0.487 e. The first-order chi connectivity index (χ1) is 7.29. The van der Waals surface area contributed by atoms with Crippen LogP contribution in [-0.4, -0.2) is 19.3 Å². The Kier molecular flexibility index (Phi) is 4.99. The molecule has 0 amide bonds. The fourth-order valence-electron chi connectivity index (χ4n) is 1.59. The van der Waals surface area contributed by atoms with Crippen LogP contribution in [0.25, 0.3) is 0 Å². The van der Waals surface area contributed by atoms with Gasteiger partial charge in [0.1, 0.15) is 17.7 Å². The van der Waals surface area contributed by atoms with Crippen LogP contribution in [0.2, 0.25) is 0 Å². The standard InChI is InChI=1S/C11H14FNO2.ClH/c12-9-2-1-8(6-13)11(5-9)15-10-3-4-14-7-10;/h1-2,5,10H,3-4,6-7,13H2;1H. The van der Waals surface area contributed by atoms with Crippen LogP contribution in [-0.2, 0) is 11.3 Å².